The fourth-order valence-electron chi connectivity index (χ4n) is 3.16. The molecule has 0 aromatic carbocycles. The van der Waals surface area contributed by atoms with Gasteiger partial charge in [-0.3, -0.25) is 0 Å². The first-order chi connectivity index (χ1) is 9.21. The molecule has 1 saturated carbocycles. The van der Waals surface area contributed by atoms with Gasteiger partial charge in [0, 0.05) is 11.7 Å². The van der Waals surface area contributed by atoms with Crippen molar-refractivity contribution in [3.8, 4) is 0 Å². The van der Waals surface area contributed by atoms with Crippen molar-refractivity contribution in [1.29, 1.82) is 0 Å². The lowest BCUT2D eigenvalue weighted by Gasteiger charge is -2.34. The third-order valence-electron chi connectivity index (χ3n) is 4.74. The lowest BCUT2D eigenvalue weighted by Crippen LogP contribution is -2.41. The molecule has 3 rings (SSSR count). The summed E-state index contributed by atoms with van der Waals surface area (Å²) in [7, 11) is 0. The predicted molar refractivity (Wildman–Crippen MR) is 77.1 cm³/mol. The molecule has 5 heteroatoms. The molecule has 1 saturated heterocycles. The number of rotatable bonds is 3. The van der Waals surface area contributed by atoms with Crippen LogP contribution in [0.4, 0.5) is 0 Å². The van der Waals surface area contributed by atoms with E-state index < -0.39 is 0 Å². The Labute approximate surface area is 118 Å². The molecule has 0 spiro atoms. The molecule has 1 aliphatic heterocycles. The smallest absolute Gasteiger partial charge is 0.230 e. The van der Waals surface area contributed by atoms with Crippen LogP contribution in [0, 0.1) is 5.92 Å². The van der Waals surface area contributed by atoms with Crippen LogP contribution < -0.4 is 5.73 Å². The molecule has 2 heterocycles. The predicted octanol–water partition coefficient (Wildman–Crippen LogP) is 3.04. The van der Waals surface area contributed by atoms with Crippen molar-refractivity contribution in [2.24, 2.45) is 11.7 Å². The summed E-state index contributed by atoms with van der Waals surface area (Å²) in [6, 6.07) is 0. The quantitative estimate of drug-likeness (QED) is 0.922. The molecule has 1 unspecified atom stereocenters. The van der Waals surface area contributed by atoms with E-state index in [4.69, 9.17) is 10.3 Å². The molecule has 2 N–H and O–H groups in total. The number of hydrogen-bond donors (Lipinski definition) is 1. The van der Waals surface area contributed by atoms with Crippen molar-refractivity contribution < 1.29 is 4.52 Å². The van der Waals surface area contributed by atoms with Crippen LogP contribution in [0.25, 0.3) is 0 Å². The summed E-state index contributed by atoms with van der Waals surface area (Å²) >= 11 is 1.97. The Hall–Kier alpha value is -0.550. The first kappa shape index (κ1) is 13.4. The van der Waals surface area contributed by atoms with E-state index in [-0.39, 0.29) is 5.54 Å². The highest BCUT2D eigenvalue weighted by Gasteiger charge is 2.37. The summed E-state index contributed by atoms with van der Waals surface area (Å²) in [6.45, 7) is 2.26. The van der Waals surface area contributed by atoms with E-state index in [1.807, 2.05) is 11.8 Å². The summed E-state index contributed by atoms with van der Waals surface area (Å²) in [5.41, 5.74) is 6.17. The number of nitrogens with two attached hydrogens (primary N) is 1. The van der Waals surface area contributed by atoms with Crippen molar-refractivity contribution in [3.05, 3.63) is 11.7 Å². The van der Waals surface area contributed by atoms with Crippen molar-refractivity contribution in [3.63, 3.8) is 0 Å². The van der Waals surface area contributed by atoms with E-state index in [2.05, 4.69) is 17.1 Å². The van der Waals surface area contributed by atoms with Crippen molar-refractivity contribution in [2.45, 2.75) is 56.9 Å². The Kier molecular flexibility index (Phi) is 3.85. The Balaban J connectivity index is 1.71. The molecular weight excluding hydrogens is 258 g/mol. The summed E-state index contributed by atoms with van der Waals surface area (Å²) in [5.74, 6) is 5.14. The third kappa shape index (κ3) is 2.68. The van der Waals surface area contributed by atoms with Gasteiger partial charge in [0.1, 0.15) is 0 Å². The molecule has 1 aliphatic carbocycles. The highest BCUT2D eigenvalue weighted by Crippen LogP contribution is 2.38. The van der Waals surface area contributed by atoms with Crippen LogP contribution in [0.5, 0.6) is 0 Å². The van der Waals surface area contributed by atoms with E-state index >= 15 is 0 Å². The average molecular weight is 281 g/mol. The zero-order valence-electron chi connectivity index (χ0n) is 11.6. The molecule has 1 atom stereocenters. The highest BCUT2D eigenvalue weighted by atomic mass is 32.2. The summed E-state index contributed by atoms with van der Waals surface area (Å²) < 4.78 is 5.47. The summed E-state index contributed by atoms with van der Waals surface area (Å²) in [5, 5.41) is 4.19. The molecule has 19 heavy (non-hydrogen) atoms. The minimum atomic E-state index is -0.348. The fraction of sp³-hybridized carbons (Fsp3) is 0.857. The van der Waals surface area contributed by atoms with Gasteiger partial charge in [0.2, 0.25) is 5.89 Å². The lowest BCUT2D eigenvalue weighted by atomic mass is 9.76. The zero-order chi connectivity index (χ0) is 13.3. The maximum Gasteiger partial charge on any atom is 0.230 e. The number of hydrogen-bond acceptors (Lipinski definition) is 5. The maximum absolute atomic E-state index is 6.52. The molecule has 1 aromatic heterocycles. The van der Waals surface area contributed by atoms with Gasteiger partial charge in [0.15, 0.2) is 5.82 Å². The maximum atomic E-state index is 6.52. The molecule has 2 aliphatic rings. The molecule has 106 valence electrons. The lowest BCUT2D eigenvalue weighted by molar-refractivity contribution is 0.216. The van der Waals surface area contributed by atoms with Gasteiger partial charge < -0.3 is 10.3 Å². The molecule has 1 aromatic rings. The zero-order valence-corrected chi connectivity index (χ0v) is 12.4. The highest BCUT2D eigenvalue weighted by molar-refractivity contribution is 7.99. The molecule has 2 fully saturated rings. The second kappa shape index (κ2) is 5.44. The van der Waals surface area contributed by atoms with Gasteiger partial charge in [-0.15, -0.1) is 0 Å². The summed E-state index contributed by atoms with van der Waals surface area (Å²) in [4.78, 5) is 4.62. The minimum absolute atomic E-state index is 0.348. The first-order valence-corrected chi connectivity index (χ1v) is 8.57. The number of nitrogens with zero attached hydrogens (tertiary/aromatic N) is 2. The van der Waals surface area contributed by atoms with Crippen LogP contribution in [0.2, 0.25) is 0 Å². The Morgan fingerprint density at radius 2 is 2.16 bits per heavy atom. The van der Waals surface area contributed by atoms with Gasteiger partial charge in [0.25, 0.3) is 0 Å². The molecule has 4 nitrogen and oxygen atoms in total. The van der Waals surface area contributed by atoms with Gasteiger partial charge in [0.05, 0.1) is 5.54 Å². The average Bonchev–Trinajstić information content (AvgIpc) is 3.10. The van der Waals surface area contributed by atoms with Crippen molar-refractivity contribution in [1.82, 2.24) is 10.1 Å². The molecule has 0 amide bonds. The van der Waals surface area contributed by atoms with Crippen LogP contribution in [0.15, 0.2) is 4.52 Å². The van der Waals surface area contributed by atoms with Crippen LogP contribution in [-0.4, -0.2) is 21.6 Å². The molecule has 0 radical (unpaired) electrons. The second-order valence-electron chi connectivity index (χ2n) is 6.02. The largest absolute Gasteiger partial charge is 0.339 e. The number of thioether (sulfide) groups is 1. The van der Waals surface area contributed by atoms with Crippen molar-refractivity contribution >= 4 is 11.8 Å². The van der Waals surface area contributed by atoms with Gasteiger partial charge in [-0.1, -0.05) is 18.5 Å². The topological polar surface area (TPSA) is 64.9 Å². The van der Waals surface area contributed by atoms with E-state index in [9.17, 15) is 0 Å². The third-order valence-corrected chi connectivity index (χ3v) is 5.90. The fourth-order valence-corrected chi connectivity index (χ4v) is 4.37. The molecular formula is C14H23N3OS. The van der Waals surface area contributed by atoms with Gasteiger partial charge in [-0.05, 0) is 43.8 Å². The first-order valence-electron chi connectivity index (χ1n) is 7.42. The van der Waals surface area contributed by atoms with E-state index in [0.717, 1.165) is 42.6 Å². The van der Waals surface area contributed by atoms with Gasteiger partial charge >= 0.3 is 0 Å². The standard InChI is InChI=1S/C14H23N3OS/c1-2-10-3-6-14(15,7-4-10)13-16-12(18-17-13)11-5-8-19-9-11/h10-11H,2-9,15H2,1H3. The Bertz CT molecular complexity index is 420. The summed E-state index contributed by atoms with van der Waals surface area (Å²) in [6.07, 6.45) is 6.77. The van der Waals surface area contributed by atoms with Crippen LogP contribution in [0.3, 0.4) is 0 Å². The van der Waals surface area contributed by atoms with Gasteiger partial charge in [-0.2, -0.15) is 16.7 Å². The van der Waals surface area contributed by atoms with E-state index in [1.54, 1.807) is 0 Å². The van der Waals surface area contributed by atoms with Crippen LogP contribution in [0.1, 0.15) is 63.1 Å². The SMILES string of the molecule is CCC1CCC(N)(c2noc(C3CCSC3)n2)CC1. The van der Waals surface area contributed by atoms with Gasteiger partial charge in [-0.25, -0.2) is 0 Å². The second-order valence-corrected chi connectivity index (χ2v) is 7.17. The number of aromatic nitrogens is 2. The molecule has 0 bridgehead atoms. The Morgan fingerprint density at radius 3 is 2.79 bits per heavy atom. The monoisotopic (exact) mass is 281 g/mol. The minimum Gasteiger partial charge on any atom is -0.339 e. The Morgan fingerprint density at radius 1 is 1.37 bits per heavy atom. The van der Waals surface area contributed by atoms with Crippen LogP contribution in [-0.2, 0) is 5.54 Å². The van der Waals surface area contributed by atoms with E-state index in [1.165, 1.54) is 25.0 Å². The normalized spacial score (nSPS) is 35.7. The van der Waals surface area contributed by atoms with E-state index in [0.29, 0.717) is 5.92 Å². The van der Waals surface area contributed by atoms with Crippen LogP contribution >= 0.6 is 11.8 Å². The van der Waals surface area contributed by atoms with Crippen molar-refractivity contribution in [2.75, 3.05) is 11.5 Å².